The third-order valence-corrected chi connectivity index (χ3v) is 5.78. The van der Waals surface area contributed by atoms with Crippen molar-refractivity contribution in [3.63, 3.8) is 0 Å². The summed E-state index contributed by atoms with van der Waals surface area (Å²) >= 11 is 3.43. The van der Waals surface area contributed by atoms with Crippen LogP contribution >= 0.6 is 15.9 Å². The molecular weight excluding hydrogens is 444 g/mol. The van der Waals surface area contributed by atoms with Crippen LogP contribution in [-0.4, -0.2) is 37.4 Å². The van der Waals surface area contributed by atoms with Crippen LogP contribution in [0, 0.1) is 0 Å². The Morgan fingerprint density at radius 2 is 1.17 bits per heavy atom. The average Bonchev–Trinajstić information content (AvgIpc) is 2.75. The van der Waals surface area contributed by atoms with Crippen LogP contribution in [0.15, 0.2) is 0 Å². The SMILES string of the molecule is CCCCCCCOC(CCCC(=O)OCCCCCCBr)OCCCCCCC. The molecule has 0 aliphatic carbocycles. The molecular formula is C25H49BrO4. The summed E-state index contributed by atoms with van der Waals surface area (Å²) in [4.78, 5) is 11.9. The fourth-order valence-electron chi connectivity index (χ4n) is 3.28. The monoisotopic (exact) mass is 492 g/mol. The van der Waals surface area contributed by atoms with E-state index in [4.69, 9.17) is 14.2 Å². The topological polar surface area (TPSA) is 44.8 Å². The van der Waals surface area contributed by atoms with Crippen LogP contribution in [0.3, 0.4) is 0 Å². The summed E-state index contributed by atoms with van der Waals surface area (Å²) in [6.07, 6.45) is 18.6. The van der Waals surface area contributed by atoms with E-state index in [9.17, 15) is 4.79 Å². The third-order valence-electron chi connectivity index (χ3n) is 5.22. The number of alkyl halides is 1. The van der Waals surface area contributed by atoms with E-state index in [1.807, 2.05) is 0 Å². The van der Waals surface area contributed by atoms with Gasteiger partial charge in [-0.15, -0.1) is 0 Å². The lowest BCUT2D eigenvalue weighted by molar-refractivity contribution is -0.152. The van der Waals surface area contributed by atoms with Crippen LogP contribution in [0.5, 0.6) is 0 Å². The van der Waals surface area contributed by atoms with Gasteiger partial charge in [-0.25, -0.2) is 0 Å². The summed E-state index contributed by atoms with van der Waals surface area (Å²) in [5.74, 6) is -0.0895. The number of ether oxygens (including phenoxy) is 3. The molecule has 0 saturated carbocycles. The van der Waals surface area contributed by atoms with Crippen LogP contribution in [0.1, 0.15) is 123 Å². The normalized spacial score (nSPS) is 11.3. The van der Waals surface area contributed by atoms with Crippen molar-refractivity contribution >= 4 is 21.9 Å². The Morgan fingerprint density at radius 3 is 1.70 bits per heavy atom. The van der Waals surface area contributed by atoms with Crippen molar-refractivity contribution in [2.45, 2.75) is 129 Å². The lowest BCUT2D eigenvalue weighted by atomic mass is 10.1. The smallest absolute Gasteiger partial charge is 0.305 e. The zero-order chi connectivity index (χ0) is 22.1. The number of esters is 1. The maximum absolute atomic E-state index is 11.9. The molecule has 0 rings (SSSR count). The Bertz CT molecular complexity index is 336. The maximum atomic E-state index is 11.9. The molecule has 0 aliphatic heterocycles. The van der Waals surface area contributed by atoms with E-state index < -0.39 is 0 Å². The molecule has 0 fully saturated rings. The van der Waals surface area contributed by atoms with Gasteiger partial charge in [0.05, 0.1) is 6.61 Å². The molecule has 0 saturated heterocycles. The molecule has 0 bridgehead atoms. The highest BCUT2D eigenvalue weighted by molar-refractivity contribution is 9.09. The molecule has 0 aliphatic rings. The van der Waals surface area contributed by atoms with Gasteiger partial charge in [-0.2, -0.15) is 0 Å². The summed E-state index contributed by atoms with van der Waals surface area (Å²) in [5.41, 5.74) is 0. The third kappa shape index (κ3) is 22.6. The van der Waals surface area contributed by atoms with Crippen LogP contribution in [0.4, 0.5) is 0 Å². The first-order valence-electron chi connectivity index (χ1n) is 12.7. The van der Waals surface area contributed by atoms with Gasteiger partial charge in [0, 0.05) is 25.0 Å². The fourth-order valence-corrected chi connectivity index (χ4v) is 3.67. The van der Waals surface area contributed by atoms with Crippen molar-refractivity contribution in [2.24, 2.45) is 0 Å². The molecule has 0 heterocycles. The van der Waals surface area contributed by atoms with Gasteiger partial charge in [0.25, 0.3) is 0 Å². The molecule has 0 aromatic heterocycles. The summed E-state index contributed by atoms with van der Waals surface area (Å²) in [6, 6.07) is 0. The molecule has 0 aromatic carbocycles. The predicted molar refractivity (Wildman–Crippen MR) is 130 cm³/mol. The summed E-state index contributed by atoms with van der Waals surface area (Å²) in [5, 5.41) is 1.05. The van der Waals surface area contributed by atoms with E-state index in [0.717, 1.165) is 57.1 Å². The number of rotatable bonds is 24. The molecule has 0 radical (unpaired) electrons. The van der Waals surface area contributed by atoms with Gasteiger partial charge in [-0.05, 0) is 38.5 Å². The van der Waals surface area contributed by atoms with E-state index in [0.29, 0.717) is 13.0 Å². The van der Waals surface area contributed by atoms with Gasteiger partial charge in [0.2, 0.25) is 0 Å². The Labute approximate surface area is 195 Å². The van der Waals surface area contributed by atoms with Crippen LogP contribution in [0.2, 0.25) is 0 Å². The Kier molecular flexibility index (Phi) is 25.0. The second kappa shape index (κ2) is 25.1. The first-order valence-corrected chi connectivity index (χ1v) is 13.8. The number of halogens is 1. The van der Waals surface area contributed by atoms with Crippen LogP contribution in [-0.2, 0) is 19.0 Å². The molecule has 0 amide bonds. The van der Waals surface area contributed by atoms with E-state index in [-0.39, 0.29) is 12.3 Å². The Balaban J connectivity index is 3.92. The molecule has 0 aromatic rings. The lowest BCUT2D eigenvalue weighted by Crippen LogP contribution is -2.19. The van der Waals surface area contributed by atoms with Gasteiger partial charge in [0.1, 0.15) is 0 Å². The number of hydrogen-bond acceptors (Lipinski definition) is 4. The lowest BCUT2D eigenvalue weighted by Gasteiger charge is -2.19. The van der Waals surface area contributed by atoms with Crippen molar-refractivity contribution in [1.29, 1.82) is 0 Å². The standard InChI is InChI=1S/C25H49BrO4/c1-3-5-7-10-15-22-29-25(30-23-16-11-8-6-4-2)19-17-18-24(27)28-21-14-12-9-13-20-26/h25H,3-23H2,1-2H3. The van der Waals surface area contributed by atoms with Gasteiger partial charge in [0.15, 0.2) is 6.29 Å². The quantitative estimate of drug-likeness (QED) is 0.0592. The van der Waals surface area contributed by atoms with Gasteiger partial charge in [-0.1, -0.05) is 94.0 Å². The molecule has 180 valence electrons. The van der Waals surface area contributed by atoms with E-state index in [1.165, 1.54) is 64.2 Å². The van der Waals surface area contributed by atoms with E-state index in [2.05, 4.69) is 29.8 Å². The number of hydrogen-bond donors (Lipinski definition) is 0. The molecule has 4 nitrogen and oxygen atoms in total. The largest absolute Gasteiger partial charge is 0.466 e. The van der Waals surface area contributed by atoms with E-state index >= 15 is 0 Å². The van der Waals surface area contributed by atoms with Crippen LogP contribution < -0.4 is 0 Å². The zero-order valence-corrected chi connectivity index (χ0v) is 21.5. The number of carbonyl (C=O) groups excluding carboxylic acids is 1. The molecule has 0 unspecified atom stereocenters. The van der Waals surface area contributed by atoms with E-state index in [1.54, 1.807) is 0 Å². The van der Waals surface area contributed by atoms with Crippen molar-refractivity contribution in [1.82, 2.24) is 0 Å². The fraction of sp³-hybridized carbons (Fsp3) is 0.960. The summed E-state index contributed by atoms with van der Waals surface area (Å²) in [7, 11) is 0. The number of carbonyl (C=O) groups is 1. The zero-order valence-electron chi connectivity index (χ0n) is 19.9. The van der Waals surface area contributed by atoms with Gasteiger partial charge >= 0.3 is 5.97 Å². The predicted octanol–water partition coefficient (Wildman–Crippen LogP) is 7.96. The van der Waals surface area contributed by atoms with Gasteiger partial charge < -0.3 is 14.2 Å². The highest BCUT2D eigenvalue weighted by atomic mass is 79.9. The summed E-state index contributed by atoms with van der Waals surface area (Å²) < 4.78 is 17.3. The second-order valence-electron chi connectivity index (χ2n) is 8.22. The first kappa shape index (κ1) is 29.9. The summed E-state index contributed by atoms with van der Waals surface area (Å²) in [6.45, 7) is 6.52. The molecule has 0 atom stereocenters. The molecule has 30 heavy (non-hydrogen) atoms. The maximum Gasteiger partial charge on any atom is 0.305 e. The van der Waals surface area contributed by atoms with Crippen molar-refractivity contribution in [3.05, 3.63) is 0 Å². The first-order chi connectivity index (χ1) is 14.7. The number of unbranched alkanes of at least 4 members (excludes halogenated alkanes) is 11. The van der Waals surface area contributed by atoms with Crippen LogP contribution in [0.25, 0.3) is 0 Å². The average molecular weight is 494 g/mol. The molecule has 0 N–H and O–H groups in total. The highest BCUT2D eigenvalue weighted by Crippen LogP contribution is 2.12. The molecule has 0 spiro atoms. The van der Waals surface area contributed by atoms with Gasteiger partial charge in [-0.3, -0.25) is 4.79 Å². The van der Waals surface area contributed by atoms with Crippen molar-refractivity contribution < 1.29 is 19.0 Å². The highest BCUT2D eigenvalue weighted by Gasteiger charge is 2.11. The minimum Gasteiger partial charge on any atom is -0.466 e. The van der Waals surface area contributed by atoms with Crippen molar-refractivity contribution in [2.75, 3.05) is 25.2 Å². The minimum absolute atomic E-state index is 0.0895. The van der Waals surface area contributed by atoms with Crippen molar-refractivity contribution in [3.8, 4) is 0 Å². The Hall–Kier alpha value is -0.130. The molecule has 5 heteroatoms. The second-order valence-corrected chi connectivity index (χ2v) is 9.01. The minimum atomic E-state index is -0.181. The Morgan fingerprint density at radius 1 is 0.667 bits per heavy atom.